The summed E-state index contributed by atoms with van der Waals surface area (Å²) in [6.45, 7) is 2.78. The Morgan fingerprint density at radius 1 is 1.40 bits per heavy atom. The van der Waals surface area contributed by atoms with Gasteiger partial charge in [-0.15, -0.1) is 0 Å². The predicted molar refractivity (Wildman–Crippen MR) is 79.9 cm³/mol. The number of methoxy groups -OCH3 is 1. The first kappa shape index (κ1) is 14.9. The number of benzene rings is 1. The molecule has 2 rings (SSSR count). The van der Waals surface area contributed by atoms with Gasteiger partial charge < -0.3 is 15.4 Å². The minimum Gasteiger partial charge on any atom is -0.497 e. The van der Waals surface area contributed by atoms with Gasteiger partial charge >= 0.3 is 0 Å². The molecule has 1 heterocycles. The van der Waals surface area contributed by atoms with Crippen molar-refractivity contribution in [1.29, 1.82) is 0 Å². The highest BCUT2D eigenvalue weighted by molar-refractivity contribution is 5.76. The second-order valence-corrected chi connectivity index (χ2v) is 5.35. The molecule has 4 nitrogen and oxygen atoms in total. The van der Waals surface area contributed by atoms with E-state index in [0.29, 0.717) is 18.9 Å². The van der Waals surface area contributed by atoms with Gasteiger partial charge in [-0.3, -0.25) is 4.79 Å². The van der Waals surface area contributed by atoms with E-state index >= 15 is 0 Å². The zero-order valence-corrected chi connectivity index (χ0v) is 12.2. The van der Waals surface area contributed by atoms with Crippen LogP contribution in [0.5, 0.6) is 5.75 Å². The zero-order chi connectivity index (χ0) is 14.2. The molecule has 1 aliphatic rings. The molecule has 0 radical (unpaired) electrons. The van der Waals surface area contributed by atoms with Gasteiger partial charge in [-0.1, -0.05) is 12.1 Å². The van der Waals surface area contributed by atoms with Gasteiger partial charge in [0.25, 0.3) is 0 Å². The Hall–Kier alpha value is -1.55. The van der Waals surface area contributed by atoms with E-state index in [2.05, 4.69) is 16.7 Å². The van der Waals surface area contributed by atoms with E-state index in [1.165, 1.54) is 5.56 Å². The molecule has 110 valence electrons. The van der Waals surface area contributed by atoms with Gasteiger partial charge in [-0.05, 0) is 56.0 Å². The number of ether oxygens (including phenoxy) is 1. The second kappa shape index (κ2) is 7.90. The number of carbonyl (C=O) groups excluding carboxylic acids is 1. The Balaban J connectivity index is 1.67. The molecule has 1 aromatic rings. The molecule has 1 aliphatic heterocycles. The van der Waals surface area contributed by atoms with E-state index < -0.39 is 0 Å². The van der Waals surface area contributed by atoms with E-state index in [1.54, 1.807) is 7.11 Å². The largest absolute Gasteiger partial charge is 0.497 e. The predicted octanol–water partition coefficient (Wildman–Crippen LogP) is 1.74. The molecule has 0 unspecified atom stereocenters. The van der Waals surface area contributed by atoms with E-state index in [0.717, 1.165) is 38.1 Å². The van der Waals surface area contributed by atoms with E-state index in [1.807, 2.05) is 18.2 Å². The topological polar surface area (TPSA) is 50.4 Å². The molecular formula is C16H24N2O2. The fourth-order valence-corrected chi connectivity index (χ4v) is 2.59. The van der Waals surface area contributed by atoms with Crippen molar-refractivity contribution in [3.8, 4) is 5.75 Å². The smallest absolute Gasteiger partial charge is 0.220 e. The fraction of sp³-hybridized carbons (Fsp3) is 0.562. The van der Waals surface area contributed by atoms with Crippen molar-refractivity contribution in [2.24, 2.45) is 5.92 Å². The average molecular weight is 276 g/mol. The number of nitrogens with one attached hydrogen (secondary N) is 2. The summed E-state index contributed by atoms with van der Waals surface area (Å²) in [5, 5.41) is 6.34. The number of hydrogen-bond acceptors (Lipinski definition) is 3. The molecule has 20 heavy (non-hydrogen) atoms. The molecular weight excluding hydrogens is 252 g/mol. The molecule has 1 amide bonds. The molecule has 0 saturated carbocycles. The van der Waals surface area contributed by atoms with Crippen LogP contribution >= 0.6 is 0 Å². The van der Waals surface area contributed by atoms with Crippen LogP contribution in [0.15, 0.2) is 24.3 Å². The van der Waals surface area contributed by atoms with Crippen LogP contribution in [0.3, 0.4) is 0 Å². The minimum atomic E-state index is 0.180. The number of carbonyl (C=O) groups is 1. The summed E-state index contributed by atoms with van der Waals surface area (Å²) in [7, 11) is 1.67. The maximum atomic E-state index is 11.9. The van der Waals surface area contributed by atoms with Crippen LogP contribution < -0.4 is 15.4 Å². The summed E-state index contributed by atoms with van der Waals surface area (Å²) in [6, 6.07) is 7.98. The van der Waals surface area contributed by atoms with Gasteiger partial charge in [0.1, 0.15) is 5.75 Å². The van der Waals surface area contributed by atoms with E-state index in [9.17, 15) is 4.79 Å². The van der Waals surface area contributed by atoms with Gasteiger partial charge in [-0.25, -0.2) is 0 Å². The average Bonchev–Trinajstić information content (AvgIpc) is 2.48. The lowest BCUT2D eigenvalue weighted by Gasteiger charge is -2.21. The van der Waals surface area contributed by atoms with Gasteiger partial charge in [-0.2, -0.15) is 0 Å². The van der Waals surface area contributed by atoms with Crippen LogP contribution in [-0.2, 0) is 11.2 Å². The van der Waals surface area contributed by atoms with Gasteiger partial charge in [0.15, 0.2) is 0 Å². The van der Waals surface area contributed by atoms with E-state index in [4.69, 9.17) is 4.74 Å². The monoisotopic (exact) mass is 276 g/mol. The molecule has 1 fully saturated rings. The molecule has 0 bridgehead atoms. The first-order valence-corrected chi connectivity index (χ1v) is 7.38. The minimum absolute atomic E-state index is 0.180. The lowest BCUT2D eigenvalue weighted by atomic mass is 9.94. The Morgan fingerprint density at radius 3 is 2.95 bits per heavy atom. The Kier molecular flexibility index (Phi) is 5.87. The summed E-state index contributed by atoms with van der Waals surface area (Å²) >= 11 is 0. The molecule has 1 aromatic carbocycles. The number of hydrogen-bond donors (Lipinski definition) is 2. The number of amides is 1. The van der Waals surface area contributed by atoms with Crippen LogP contribution in [0.2, 0.25) is 0 Å². The summed E-state index contributed by atoms with van der Waals surface area (Å²) < 4.78 is 5.19. The molecule has 1 saturated heterocycles. The van der Waals surface area contributed by atoms with Crippen molar-refractivity contribution in [2.75, 3.05) is 26.7 Å². The van der Waals surface area contributed by atoms with Crippen LogP contribution in [0.25, 0.3) is 0 Å². The first-order chi connectivity index (χ1) is 9.78. The fourth-order valence-electron chi connectivity index (χ4n) is 2.59. The molecule has 0 spiro atoms. The summed E-state index contributed by atoms with van der Waals surface area (Å²) in [5.41, 5.74) is 1.19. The van der Waals surface area contributed by atoms with Crippen molar-refractivity contribution >= 4 is 5.91 Å². The van der Waals surface area contributed by atoms with Crippen LogP contribution in [0.1, 0.15) is 24.8 Å². The lowest BCUT2D eigenvalue weighted by molar-refractivity contribution is -0.122. The summed E-state index contributed by atoms with van der Waals surface area (Å²) in [6.07, 6.45) is 3.74. The Morgan fingerprint density at radius 2 is 2.20 bits per heavy atom. The zero-order valence-electron chi connectivity index (χ0n) is 12.2. The van der Waals surface area contributed by atoms with Crippen LogP contribution in [0.4, 0.5) is 0 Å². The van der Waals surface area contributed by atoms with Crippen molar-refractivity contribution < 1.29 is 9.53 Å². The van der Waals surface area contributed by atoms with Crippen molar-refractivity contribution in [2.45, 2.75) is 25.7 Å². The SMILES string of the molecule is COc1cccc(CCNC(=O)CC2CCNCC2)c1. The van der Waals surface area contributed by atoms with Crippen molar-refractivity contribution in [3.05, 3.63) is 29.8 Å². The standard InChI is InChI=1S/C16H24N2O2/c1-20-15-4-2-3-13(11-15)7-10-18-16(19)12-14-5-8-17-9-6-14/h2-4,11,14,17H,5-10,12H2,1H3,(H,18,19). The third-order valence-electron chi connectivity index (χ3n) is 3.80. The van der Waals surface area contributed by atoms with Crippen molar-refractivity contribution in [3.63, 3.8) is 0 Å². The summed E-state index contributed by atoms with van der Waals surface area (Å²) in [4.78, 5) is 11.9. The third-order valence-corrected chi connectivity index (χ3v) is 3.80. The van der Waals surface area contributed by atoms with Gasteiger partial charge in [0.2, 0.25) is 5.91 Å². The number of rotatable bonds is 6. The molecule has 2 N–H and O–H groups in total. The normalized spacial score (nSPS) is 15.8. The van der Waals surface area contributed by atoms with Crippen LogP contribution in [-0.4, -0.2) is 32.7 Å². The highest BCUT2D eigenvalue weighted by Crippen LogP contribution is 2.15. The first-order valence-electron chi connectivity index (χ1n) is 7.38. The lowest BCUT2D eigenvalue weighted by Crippen LogP contribution is -2.33. The summed E-state index contributed by atoms with van der Waals surface area (Å²) in [5.74, 6) is 1.59. The van der Waals surface area contributed by atoms with Crippen molar-refractivity contribution in [1.82, 2.24) is 10.6 Å². The van der Waals surface area contributed by atoms with E-state index in [-0.39, 0.29) is 5.91 Å². The molecule has 0 aliphatic carbocycles. The molecule has 0 atom stereocenters. The molecule has 4 heteroatoms. The highest BCUT2D eigenvalue weighted by Gasteiger charge is 2.16. The second-order valence-electron chi connectivity index (χ2n) is 5.35. The Labute approximate surface area is 120 Å². The Bertz CT molecular complexity index is 428. The van der Waals surface area contributed by atoms with Crippen LogP contribution in [0, 0.1) is 5.92 Å². The van der Waals surface area contributed by atoms with Gasteiger partial charge in [0, 0.05) is 13.0 Å². The maximum Gasteiger partial charge on any atom is 0.220 e. The third kappa shape index (κ3) is 4.85. The quantitative estimate of drug-likeness (QED) is 0.832. The number of piperidine rings is 1. The highest BCUT2D eigenvalue weighted by atomic mass is 16.5. The maximum absolute atomic E-state index is 11.9. The molecule has 0 aromatic heterocycles. The van der Waals surface area contributed by atoms with Gasteiger partial charge in [0.05, 0.1) is 7.11 Å².